The molecule has 0 saturated carbocycles. The summed E-state index contributed by atoms with van der Waals surface area (Å²) in [6, 6.07) is 12.8. The van der Waals surface area contributed by atoms with Crippen LogP contribution in [0.5, 0.6) is 5.75 Å². The van der Waals surface area contributed by atoms with Crippen LogP contribution in [0.3, 0.4) is 0 Å². The van der Waals surface area contributed by atoms with E-state index in [-0.39, 0.29) is 12.5 Å². The van der Waals surface area contributed by atoms with Crippen molar-refractivity contribution in [2.75, 3.05) is 38.2 Å². The van der Waals surface area contributed by atoms with E-state index in [0.717, 1.165) is 24.5 Å². The number of fused-ring (bicyclic) bond motifs is 1. The molecular weight excluding hydrogens is 382 g/mol. The molecule has 0 bridgehead atoms. The highest BCUT2D eigenvalue weighted by molar-refractivity contribution is 6.31. The lowest BCUT2D eigenvalue weighted by Gasteiger charge is -2.36. The third-order valence-corrected chi connectivity index (χ3v) is 5.23. The van der Waals surface area contributed by atoms with E-state index in [0.29, 0.717) is 29.2 Å². The summed E-state index contributed by atoms with van der Waals surface area (Å²) in [7, 11) is 1.64. The number of anilines is 1. The zero-order valence-electron chi connectivity index (χ0n) is 15.4. The molecule has 7 nitrogen and oxygen atoms in total. The van der Waals surface area contributed by atoms with Gasteiger partial charge in [0.05, 0.1) is 12.6 Å². The molecule has 146 valence electrons. The zero-order valence-corrected chi connectivity index (χ0v) is 16.2. The zero-order chi connectivity index (χ0) is 19.7. The lowest BCUT2D eigenvalue weighted by Crippen LogP contribution is -2.50. The van der Waals surface area contributed by atoms with Crippen LogP contribution in [0.25, 0.3) is 11.1 Å². The average Bonchev–Trinajstić information content (AvgIpc) is 3.02. The van der Waals surface area contributed by atoms with E-state index in [2.05, 4.69) is 4.90 Å². The van der Waals surface area contributed by atoms with E-state index in [1.807, 2.05) is 24.3 Å². The average molecular weight is 402 g/mol. The Balaban J connectivity index is 1.42. The summed E-state index contributed by atoms with van der Waals surface area (Å²) < 4.78 is 11.7. The van der Waals surface area contributed by atoms with Gasteiger partial charge in [0.25, 0.3) is 0 Å². The van der Waals surface area contributed by atoms with Gasteiger partial charge in [0, 0.05) is 43.0 Å². The van der Waals surface area contributed by atoms with Gasteiger partial charge in [-0.05, 0) is 36.4 Å². The van der Waals surface area contributed by atoms with Gasteiger partial charge >= 0.3 is 5.76 Å². The van der Waals surface area contributed by atoms with Crippen LogP contribution in [-0.4, -0.2) is 48.7 Å². The second kappa shape index (κ2) is 7.59. The third kappa shape index (κ3) is 3.57. The van der Waals surface area contributed by atoms with Crippen LogP contribution in [0.4, 0.5) is 5.69 Å². The minimum absolute atomic E-state index is 0.0456. The van der Waals surface area contributed by atoms with Crippen LogP contribution in [0.1, 0.15) is 0 Å². The lowest BCUT2D eigenvalue weighted by atomic mass is 10.2. The summed E-state index contributed by atoms with van der Waals surface area (Å²) in [5.74, 6) is 0.160. The summed E-state index contributed by atoms with van der Waals surface area (Å²) in [5.41, 5.74) is 2.05. The standard InChI is InChI=1S/C20H20ClN3O4/c1-27-16-5-3-15(4-6-16)22-8-10-23(11-9-22)19(25)13-24-17-7-2-14(21)12-18(17)28-20(24)26/h2-7,12H,8-11,13H2,1H3. The van der Waals surface area contributed by atoms with Gasteiger partial charge in [-0.3, -0.25) is 9.36 Å². The molecule has 3 aromatic rings. The number of carbonyl (C=O) groups excluding carboxylic acids is 1. The van der Waals surface area contributed by atoms with Crippen molar-refractivity contribution in [2.24, 2.45) is 0 Å². The summed E-state index contributed by atoms with van der Waals surface area (Å²) >= 11 is 5.93. The number of carbonyl (C=O) groups is 1. The maximum Gasteiger partial charge on any atom is 0.420 e. The Bertz CT molecular complexity index is 1050. The Morgan fingerprint density at radius 1 is 1.11 bits per heavy atom. The monoisotopic (exact) mass is 401 g/mol. The normalized spacial score (nSPS) is 14.5. The first-order valence-electron chi connectivity index (χ1n) is 9.01. The van der Waals surface area contributed by atoms with Crippen molar-refractivity contribution < 1.29 is 13.9 Å². The number of nitrogens with zero attached hydrogens (tertiary/aromatic N) is 3. The van der Waals surface area contributed by atoms with Crippen LogP contribution in [0, 0.1) is 0 Å². The molecule has 0 atom stereocenters. The molecule has 1 aliphatic rings. The number of aromatic nitrogens is 1. The van der Waals surface area contributed by atoms with E-state index in [1.165, 1.54) is 4.57 Å². The van der Waals surface area contributed by atoms with Crippen LogP contribution in [-0.2, 0) is 11.3 Å². The Labute approximate surface area is 166 Å². The molecule has 2 aromatic carbocycles. The number of ether oxygens (including phenoxy) is 1. The van der Waals surface area contributed by atoms with Crippen LogP contribution in [0.2, 0.25) is 5.02 Å². The number of halogens is 1. The highest BCUT2D eigenvalue weighted by Gasteiger charge is 2.23. The topological polar surface area (TPSA) is 67.9 Å². The molecule has 0 spiro atoms. The number of amides is 1. The molecule has 8 heteroatoms. The number of oxazole rings is 1. The van der Waals surface area contributed by atoms with Crippen LogP contribution in [0.15, 0.2) is 51.7 Å². The van der Waals surface area contributed by atoms with E-state index < -0.39 is 5.76 Å². The minimum atomic E-state index is -0.553. The van der Waals surface area contributed by atoms with Gasteiger partial charge in [-0.15, -0.1) is 0 Å². The largest absolute Gasteiger partial charge is 0.497 e. The number of piperazine rings is 1. The molecule has 2 heterocycles. The Hall–Kier alpha value is -2.93. The number of hydrogen-bond donors (Lipinski definition) is 0. The van der Waals surface area contributed by atoms with Crippen molar-refractivity contribution in [3.8, 4) is 5.75 Å². The van der Waals surface area contributed by atoms with Gasteiger partial charge < -0.3 is 19.0 Å². The fourth-order valence-corrected chi connectivity index (χ4v) is 3.59. The predicted molar refractivity (Wildman–Crippen MR) is 107 cm³/mol. The van der Waals surface area contributed by atoms with Gasteiger partial charge in [0.2, 0.25) is 5.91 Å². The van der Waals surface area contributed by atoms with Crippen molar-refractivity contribution >= 4 is 34.3 Å². The molecule has 0 unspecified atom stereocenters. The van der Waals surface area contributed by atoms with Crippen molar-refractivity contribution in [3.05, 3.63) is 58.0 Å². The second-order valence-corrected chi connectivity index (χ2v) is 7.07. The maximum atomic E-state index is 12.7. The van der Waals surface area contributed by atoms with E-state index in [9.17, 15) is 9.59 Å². The fraction of sp³-hybridized carbons (Fsp3) is 0.300. The van der Waals surface area contributed by atoms with E-state index in [4.69, 9.17) is 20.8 Å². The number of rotatable bonds is 4. The lowest BCUT2D eigenvalue weighted by molar-refractivity contribution is -0.132. The molecule has 1 aliphatic heterocycles. The van der Waals surface area contributed by atoms with Crippen molar-refractivity contribution in [1.82, 2.24) is 9.47 Å². The SMILES string of the molecule is COc1ccc(N2CCN(C(=O)Cn3c(=O)oc4cc(Cl)ccc43)CC2)cc1. The highest BCUT2D eigenvalue weighted by Crippen LogP contribution is 2.21. The van der Waals surface area contributed by atoms with Gasteiger partial charge in [-0.2, -0.15) is 0 Å². The minimum Gasteiger partial charge on any atom is -0.497 e. The Morgan fingerprint density at radius 2 is 1.82 bits per heavy atom. The van der Waals surface area contributed by atoms with E-state index >= 15 is 0 Å². The second-order valence-electron chi connectivity index (χ2n) is 6.63. The molecule has 1 saturated heterocycles. The predicted octanol–water partition coefficient (Wildman–Crippen LogP) is 2.61. The van der Waals surface area contributed by atoms with Gasteiger partial charge in [-0.1, -0.05) is 11.6 Å². The molecule has 0 radical (unpaired) electrons. The quantitative estimate of drug-likeness (QED) is 0.672. The van der Waals surface area contributed by atoms with Gasteiger partial charge in [0.15, 0.2) is 5.58 Å². The van der Waals surface area contributed by atoms with Crippen LogP contribution >= 0.6 is 11.6 Å². The first-order chi connectivity index (χ1) is 13.5. The molecule has 0 N–H and O–H groups in total. The summed E-state index contributed by atoms with van der Waals surface area (Å²) in [5, 5.41) is 0.481. The maximum absolute atomic E-state index is 12.7. The smallest absolute Gasteiger partial charge is 0.420 e. The molecule has 0 aliphatic carbocycles. The van der Waals surface area contributed by atoms with Crippen LogP contribution < -0.4 is 15.4 Å². The third-order valence-electron chi connectivity index (χ3n) is 4.99. The number of methoxy groups -OCH3 is 1. The Kier molecular flexibility index (Phi) is 5.00. The summed E-state index contributed by atoms with van der Waals surface area (Å²) in [6.45, 7) is 2.61. The Morgan fingerprint density at radius 3 is 2.50 bits per heavy atom. The molecule has 28 heavy (non-hydrogen) atoms. The molecule has 1 amide bonds. The first-order valence-corrected chi connectivity index (χ1v) is 9.38. The molecular formula is C20H20ClN3O4. The molecule has 1 aromatic heterocycles. The highest BCUT2D eigenvalue weighted by atomic mass is 35.5. The van der Waals surface area contributed by atoms with Crippen molar-refractivity contribution in [1.29, 1.82) is 0 Å². The number of benzene rings is 2. The molecule has 4 rings (SSSR count). The van der Waals surface area contributed by atoms with E-state index in [1.54, 1.807) is 30.2 Å². The summed E-state index contributed by atoms with van der Waals surface area (Å²) in [4.78, 5) is 28.8. The van der Waals surface area contributed by atoms with Gasteiger partial charge in [-0.25, -0.2) is 4.79 Å². The van der Waals surface area contributed by atoms with Crippen molar-refractivity contribution in [2.45, 2.75) is 6.54 Å². The first kappa shape index (κ1) is 18.4. The summed E-state index contributed by atoms with van der Waals surface area (Å²) in [6.07, 6.45) is 0. The fourth-order valence-electron chi connectivity index (χ4n) is 3.43. The van der Waals surface area contributed by atoms with Crippen molar-refractivity contribution in [3.63, 3.8) is 0 Å². The number of hydrogen-bond acceptors (Lipinski definition) is 5. The van der Waals surface area contributed by atoms with Gasteiger partial charge in [0.1, 0.15) is 12.3 Å². The molecule has 1 fully saturated rings.